The Hall–Kier alpha value is -3.16. The second-order valence-electron chi connectivity index (χ2n) is 9.59. The monoisotopic (exact) mass is 586 g/mol. The summed E-state index contributed by atoms with van der Waals surface area (Å²) in [6.07, 6.45) is -4.04. The molecule has 1 amide bonds. The van der Waals surface area contributed by atoms with Crippen LogP contribution < -0.4 is 17.0 Å². The van der Waals surface area contributed by atoms with Crippen LogP contribution in [0.4, 0.5) is 13.2 Å². The summed E-state index contributed by atoms with van der Waals surface area (Å²) in [4.78, 5) is 41.5. The average molecular weight is 587 g/mol. The molecule has 39 heavy (non-hydrogen) atoms. The molecule has 1 fully saturated rings. The lowest BCUT2D eigenvalue weighted by Crippen LogP contribution is -2.36. The van der Waals surface area contributed by atoms with Gasteiger partial charge in [0, 0.05) is 24.5 Å². The zero-order valence-corrected chi connectivity index (χ0v) is 22.4. The predicted molar refractivity (Wildman–Crippen MR) is 139 cm³/mol. The second-order valence-corrected chi connectivity index (χ2v) is 12.3. The Bertz CT molecular complexity index is 1670. The third-order valence-electron chi connectivity index (χ3n) is 6.83. The number of fused-ring (bicyclic) bond motifs is 1. The summed E-state index contributed by atoms with van der Waals surface area (Å²) in [6.45, 7) is 1.66. The van der Waals surface area contributed by atoms with Crippen molar-refractivity contribution in [1.82, 2.24) is 14.5 Å². The van der Waals surface area contributed by atoms with Crippen molar-refractivity contribution in [3.63, 3.8) is 0 Å². The van der Waals surface area contributed by atoms with Crippen molar-refractivity contribution in [2.24, 2.45) is 11.7 Å². The van der Waals surface area contributed by atoms with E-state index in [4.69, 9.17) is 17.3 Å². The number of hydrogen-bond acceptors (Lipinski definition) is 6. The number of amides is 1. The average Bonchev–Trinajstić information content (AvgIpc) is 3.26. The number of primary amides is 1. The minimum atomic E-state index is -4.79. The van der Waals surface area contributed by atoms with Crippen LogP contribution >= 0.6 is 11.6 Å². The minimum absolute atomic E-state index is 0.0581. The van der Waals surface area contributed by atoms with Crippen LogP contribution in [0.25, 0.3) is 10.9 Å². The maximum Gasteiger partial charge on any atom is 0.416 e. The number of nitrogens with zero attached hydrogens (tertiary/aromatic N) is 2. The lowest BCUT2D eigenvalue weighted by atomic mass is 10.0. The van der Waals surface area contributed by atoms with Crippen LogP contribution in [0.3, 0.4) is 0 Å². The zero-order valence-electron chi connectivity index (χ0n) is 20.8. The quantitative estimate of drug-likeness (QED) is 0.417. The van der Waals surface area contributed by atoms with E-state index in [0.29, 0.717) is 30.1 Å². The number of benzene rings is 2. The first-order valence-electron chi connectivity index (χ1n) is 12.1. The van der Waals surface area contributed by atoms with Crippen molar-refractivity contribution < 1.29 is 26.4 Å². The lowest BCUT2D eigenvalue weighted by molar-refractivity contribution is -0.138. The highest BCUT2D eigenvalue weighted by Gasteiger charge is 2.35. The first-order chi connectivity index (χ1) is 18.2. The van der Waals surface area contributed by atoms with Gasteiger partial charge in [0.1, 0.15) is 0 Å². The number of carbonyl (C=O) groups is 1. The summed E-state index contributed by atoms with van der Waals surface area (Å²) in [6, 6.07) is 5.76. The molecule has 9 nitrogen and oxygen atoms in total. The van der Waals surface area contributed by atoms with Crippen molar-refractivity contribution >= 4 is 38.2 Å². The number of hydrogen-bond donors (Lipinski definition) is 2. The van der Waals surface area contributed by atoms with Gasteiger partial charge in [-0.15, -0.1) is 0 Å². The molecule has 2 aromatic carbocycles. The molecule has 0 aliphatic carbocycles. The molecule has 1 saturated heterocycles. The molecule has 3 aromatic rings. The first-order valence-corrected chi connectivity index (χ1v) is 14.1. The van der Waals surface area contributed by atoms with E-state index in [-0.39, 0.29) is 56.6 Å². The minimum Gasteiger partial charge on any atom is -0.370 e. The van der Waals surface area contributed by atoms with E-state index in [0.717, 1.165) is 6.07 Å². The summed E-state index contributed by atoms with van der Waals surface area (Å²) in [7, 11) is -3.75. The fourth-order valence-electron chi connectivity index (χ4n) is 4.93. The van der Waals surface area contributed by atoms with Crippen molar-refractivity contribution in [3.8, 4) is 0 Å². The number of carbonyl (C=O) groups excluding carboxylic acids is 1. The van der Waals surface area contributed by atoms with Crippen molar-refractivity contribution in [3.05, 3.63) is 72.9 Å². The van der Waals surface area contributed by atoms with Gasteiger partial charge in [0.15, 0.2) is 9.84 Å². The Morgan fingerprint density at radius 3 is 2.51 bits per heavy atom. The highest BCUT2D eigenvalue weighted by molar-refractivity contribution is 7.91. The van der Waals surface area contributed by atoms with E-state index >= 15 is 0 Å². The molecule has 0 saturated carbocycles. The van der Waals surface area contributed by atoms with E-state index in [1.807, 2.05) is 0 Å². The predicted octanol–water partition coefficient (Wildman–Crippen LogP) is 2.90. The molecule has 4 rings (SSSR count). The van der Waals surface area contributed by atoms with Gasteiger partial charge in [-0.25, -0.2) is 13.2 Å². The van der Waals surface area contributed by atoms with Gasteiger partial charge >= 0.3 is 11.9 Å². The van der Waals surface area contributed by atoms with Crippen LogP contribution in [0, 0.1) is 5.92 Å². The van der Waals surface area contributed by atoms with E-state index < -0.39 is 45.3 Å². The second kappa shape index (κ2) is 10.8. The molecular formula is C25H26ClF3N4O5S. The smallest absolute Gasteiger partial charge is 0.370 e. The van der Waals surface area contributed by atoms with E-state index in [1.54, 1.807) is 4.90 Å². The van der Waals surface area contributed by atoms with Gasteiger partial charge in [0.05, 0.1) is 33.7 Å². The van der Waals surface area contributed by atoms with Crippen LogP contribution in [0.5, 0.6) is 0 Å². The zero-order chi connectivity index (χ0) is 28.7. The summed E-state index contributed by atoms with van der Waals surface area (Å²) < 4.78 is 68.0. The number of H-pyrrole nitrogens is 1. The Labute approximate surface area is 226 Å². The topological polar surface area (TPSA) is 135 Å². The molecule has 14 heteroatoms. The van der Waals surface area contributed by atoms with Crippen molar-refractivity contribution in [2.45, 2.75) is 43.9 Å². The first kappa shape index (κ1) is 28.8. The Kier molecular flexibility index (Phi) is 7.97. The number of alkyl halides is 3. The van der Waals surface area contributed by atoms with Gasteiger partial charge in [-0.3, -0.25) is 19.1 Å². The molecular weight excluding hydrogens is 561 g/mol. The number of halogens is 4. The molecule has 2 heterocycles. The van der Waals surface area contributed by atoms with Crippen LogP contribution in [0.1, 0.15) is 36.5 Å². The Morgan fingerprint density at radius 1 is 1.15 bits per heavy atom. The number of likely N-dealkylation sites (tertiary alicyclic amines) is 1. The van der Waals surface area contributed by atoms with E-state index in [1.165, 1.54) is 25.1 Å². The van der Waals surface area contributed by atoms with Gasteiger partial charge < -0.3 is 10.7 Å². The van der Waals surface area contributed by atoms with Gasteiger partial charge in [-0.2, -0.15) is 13.2 Å². The summed E-state index contributed by atoms with van der Waals surface area (Å²) in [5.74, 6) is -0.783. The normalized spacial score (nSPS) is 16.7. The maximum atomic E-state index is 14.1. The molecule has 1 aliphatic rings. The fourth-order valence-corrected chi connectivity index (χ4v) is 6.24. The lowest BCUT2D eigenvalue weighted by Gasteiger charge is -2.20. The molecule has 0 bridgehead atoms. The summed E-state index contributed by atoms with van der Waals surface area (Å²) >= 11 is 6.02. The number of aromatic amines is 1. The number of nitrogens with two attached hydrogens (primary N) is 1. The summed E-state index contributed by atoms with van der Waals surface area (Å²) in [5.41, 5.74) is 2.14. The Balaban J connectivity index is 1.78. The van der Waals surface area contributed by atoms with Gasteiger partial charge in [-0.05, 0) is 60.3 Å². The largest absolute Gasteiger partial charge is 0.416 e. The van der Waals surface area contributed by atoms with Crippen molar-refractivity contribution in [2.75, 3.05) is 18.8 Å². The Morgan fingerprint density at radius 2 is 1.87 bits per heavy atom. The molecule has 0 spiro atoms. The van der Waals surface area contributed by atoms with Gasteiger partial charge in [-0.1, -0.05) is 18.5 Å². The molecule has 1 aromatic heterocycles. The third kappa shape index (κ3) is 6.20. The number of sulfone groups is 1. The molecule has 210 valence electrons. The number of aromatic nitrogens is 2. The highest BCUT2D eigenvalue weighted by atomic mass is 35.5. The fraction of sp³-hybridized carbons (Fsp3) is 0.400. The van der Waals surface area contributed by atoms with Gasteiger partial charge in [0.2, 0.25) is 5.91 Å². The molecule has 0 unspecified atom stereocenters. The van der Waals surface area contributed by atoms with Crippen LogP contribution in [-0.4, -0.2) is 47.6 Å². The molecule has 0 radical (unpaired) electrons. The molecule has 3 N–H and O–H groups in total. The molecule has 1 atom stereocenters. The maximum absolute atomic E-state index is 14.1. The standard InChI is InChI=1S/C25H26ClF3N4O5S/c1-2-39(37,38)21-4-3-17(26)8-16(21)13-33-23(35)18-10-19(25(27,28)29)15(9-20(18)31-24(33)36)12-32-6-5-14(11-32)7-22(30)34/h3-4,8-10,14H,2,5-7,11-13H2,1H3,(H2,30,34)(H,31,36)/t14-/m1/s1. The van der Waals surface area contributed by atoms with E-state index in [9.17, 15) is 36.0 Å². The third-order valence-corrected chi connectivity index (χ3v) is 8.89. The van der Waals surface area contributed by atoms with Gasteiger partial charge in [0.25, 0.3) is 5.56 Å². The van der Waals surface area contributed by atoms with Crippen LogP contribution in [0.15, 0.2) is 44.8 Å². The molecule has 1 aliphatic heterocycles. The number of nitrogens with one attached hydrogen (secondary N) is 1. The van der Waals surface area contributed by atoms with Crippen LogP contribution in [0.2, 0.25) is 5.02 Å². The van der Waals surface area contributed by atoms with Crippen molar-refractivity contribution in [1.29, 1.82) is 0 Å². The van der Waals surface area contributed by atoms with Crippen LogP contribution in [-0.2, 0) is 33.9 Å². The van der Waals surface area contributed by atoms with E-state index in [2.05, 4.69) is 4.98 Å². The SMILES string of the molecule is CCS(=O)(=O)c1ccc(Cl)cc1Cn1c(=O)[nH]c2cc(CN3CC[C@H](CC(N)=O)C3)c(C(F)(F)F)cc2c1=O. The number of rotatable bonds is 8. The summed E-state index contributed by atoms with van der Waals surface area (Å²) in [5, 5.41) is -0.213. The highest BCUT2D eigenvalue weighted by Crippen LogP contribution is 2.35.